The van der Waals surface area contributed by atoms with Crippen LogP contribution < -0.4 is 4.90 Å². The van der Waals surface area contributed by atoms with Crippen LogP contribution in [0.1, 0.15) is 11.1 Å². The van der Waals surface area contributed by atoms with Crippen LogP contribution in [0, 0.1) is 0 Å². The van der Waals surface area contributed by atoms with Crippen molar-refractivity contribution in [3.63, 3.8) is 0 Å². The number of rotatable bonds is 1. The number of fused-ring (bicyclic) bond motifs is 1. The summed E-state index contributed by atoms with van der Waals surface area (Å²) in [6, 6.07) is 12.8. The van der Waals surface area contributed by atoms with Gasteiger partial charge in [0.25, 0.3) is 5.91 Å². The minimum absolute atomic E-state index is 0.264. The molecule has 124 valence electrons. The van der Waals surface area contributed by atoms with Gasteiger partial charge in [-0.3, -0.25) is 4.79 Å². The van der Waals surface area contributed by atoms with Crippen LogP contribution in [0.2, 0.25) is 0 Å². The third kappa shape index (κ3) is 3.19. The molecule has 0 atom stereocenters. The molecule has 0 radical (unpaired) electrons. The molecule has 0 aromatic heterocycles. The van der Waals surface area contributed by atoms with Gasteiger partial charge in [-0.25, -0.2) is 0 Å². The number of nitrogens with zero attached hydrogens (tertiary/aromatic N) is 1. The van der Waals surface area contributed by atoms with E-state index in [2.05, 4.69) is 0 Å². The minimum atomic E-state index is -4.45. The van der Waals surface area contributed by atoms with Gasteiger partial charge in [0.05, 0.1) is 14.8 Å². The van der Waals surface area contributed by atoms with Gasteiger partial charge in [0.1, 0.15) is 0 Å². The maximum absolute atomic E-state index is 13.0. The fourth-order valence-electron chi connectivity index (χ4n) is 2.33. The van der Waals surface area contributed by atoms with Crippen molar-refractivity contribution in [3.8, 4) is 0 Å². The number of alkyl halides is 3. The Labute approximate surface area is 154 Å². The average molecular weight is 461 g/mol. The molecule has 1 aliphatic heterocycles. The molecule has 0 N–H and O–H groups in total. The van der Waals surface area contributed by atoms with E-state index in [-0.39, 0.29) is 11.6 Å². The first kappa shape index (κ1) is 17.3. The lowest BCUT2D eigenvalue weighted by atomic mass is 10.1. The number of hydrogen-bond donors (Lipinski definition) is 0. The van der Waals surface area contributed by atoms with Crippen LogP contribution in [-0.4, -0.2) is 13.0 Å². The molecule has 1 amide bonds. The van der Waals surface area contributed by atoms with E-state index in [1.54, 1.807) is 0 Å². The Bertz CT molecular complexity index is 833. The topological polar surface area (TPSA) is 20.3 Å². The summed E-state index contributed by atoms with van der Waals surface area (Å²) < 4.78 is 39.4. The maximum Gasteiger partial charge on any atom is 0.416 e. The minimum Gasteiger partial charge on any atom is -0.310 e. The lowest BCUT2D eigenvalue weighted by Crippen LogP contribution is -2.26. The summed E-state index contributed by atoms with van der Waals surface area (Å²) >= 11 is 3.26. The third-order valence-corrected chi connectivity index (χ3v) is 6.16. The molecule has 0 bridgehead atoms. The van der Waals surface area contributed by atoms with E-state index in [4.69, 9.17) is 0 Å². The van der Waals surface area contributed by atoms with E-state index in [9.17, 15) is 18.0 Å². The second-order valence-electron chi connectivity index (χ2n) is 5.16. The average Bonchev–Trinajstić information content (AvgIpc) is 2.65. The zero-order valence-corrected chi connectivity index (χ0v) is 15.4. The van der Waals surface area contributed by atoms with Crippen molar-refractivity contribution in [2.75, 3.05) is 11.9 Å². The molecule has 1 heterocycles. The molecule has 1 aliphatic rings. The molecule has 3 rings (SSSR count). The molecule has 0 aliphatic carbocycles. The number of halogens is 4. The second kappa shape index (κ2) is 6.44. The van der Waals surface area contributed by atoms with Gasteiger partial charge in [0.15, 0.2) is 0 Å². The van der Waals surface area contributed by atoms with Gasteiger partial charge in [0, 0.05) is 16.8 Å². The van der Waals surface area contributed by atoms with Gasteiger partial charge in [-0.2, -0.15) is 13.2 Å². The standard InChI is InChI=1S/C17H11F3INOS/c1-22-12-9-11(17(18,19)20)7-8-13(12)24-15(14(21)16(22)23)10-5-3-2-4-6-10/h2-9H,1H3. The molecule has 0 spiro atoms. The highest BCUT2D eigenvalue weighted by Crippen LogP contribution is 2.47. The number of anilines is 1. The first-order chi connectivity index (χ1) is 11.3. The number of amides is 1. The lowest BCUT2D eigenvalue weighted by molar-refractivity contribution is -0.137. The van der Waals surface area contributed by atoms with Crippen molar-refractivity contribution in [2.45, 2.75) is 11.1 Å². The molecular weight excluding hydrogens is 450 g/mol. The van der Waals surface area contributed by atoms with Gasteiger partial charge < -0.3 is 4.90 Å². The largest absolute Gasteiger partial charge is 0.416 e. The summed E-state index contributed by atoms with van der Waals surface area (Å²) in [6.07, 6.45) is -4.45. The summed E-state index contributed by atoms with van der Waals surface area (Å²) in [4.78, 5) is 15.2. The van der Waals surface area contributed by atoms with Crippen LogP contribution >= 0.6 is 34.4 Å². The molecule has 0 saturated heterocycles. The maximum atomic E-state index is 13.0. The summed E-state index contributed by atoms with van der Waals surface area (Å²) in [5.74, 6) is -0.319. The Morgan fingerprint density at radius 2 is 1.75 bits per heavy atom. The van der Waals surface area contributed by atoms with E-state index in [0.717, 1.165) is 22.6 Å². The fourth-order valence-corrected chi connectivity index (χ4v) is 4.42. The number of hydrogen-bond acceptors (Lipinski definition) is 2. The number of thioether (sulfide) groups is 1. The molecule has 24 heavy (non-hydrogen) atoms. The molecule has 2 aromatic rings. The zero-order valence-electron chi connectivity index (χ0n) is 12.4. The van der Waals surface area contributed by atoms with Gasteiger partial charge in [-0.15, -0.1) is 0 Å². The number of carbonyl (C=O) groups excluding carboxylic acids is 1. The highest BCUT2D eigenvalue weighted by Gasteiger charge is 2.33. The van der Waals surface area contributed by atoms with Crippen LogP contribution in [0.15, 0.2) is 57.0 Å². The van der Waals surface area contributed by atoms with Crippen molar-refractivity contribution in [2.24, 2.45) is 0 Å². The van der Waals surface area contributed by atoms with Gasteiger partial charge >= 0.3 is 6.18 Å². The Balaban J connectivity index is 2.14. The highest BCUT2D eigenvalue weighted by molar-refractivity contribution is 14.1. The van der Waals surface area contributed by atoms with Crippen LogP contribution in [0.3, 0.4) is 0 Å². The summed E-state index contributed by atoms with van der Waals surface area (Å²) in [5, 5.41) is 0. The number of benzene rings is 2. The Morgan fingerprint density at radius 1 is 1.08 bits per heavy atom. The van der Waals surface area contributed by atoms with Crippen molar-refractivity contribution in [1.29, 1.82) is 0 Å². The summed E-state index contributed by atoms with van der Waals surface area (Å²) in [7, 11) is 1.49. The fraction of sp³-hybridized carbons (Fsp3) is 0.118. The smallest absolute Gasteiger partial charge is 0.310 e. The molecule has 0 saturated carbocycles. The SMILES string of the molecule is CN1C(=O)C(I)=C(c2ccccc2)Sc2ccc(C(F)(F)F)cc21. The molecule has 7 heteroatoms. The molecular formula is C17H11F3INOS. The van der Waals surface area contributed by atoms with Gasteiger partial charge in [-0.1, -0.05) is 42.1 Å². The predicted molar refractivity (Wildman–Crippen MR) is 98.1 cm³/mol. The molecule has 0 unspecified atom stereocenters. The van der Waals surface area contributed by atoms with Crippen LogP contribution in [-0.2, 0) is 11.0 Å². The normalized spacial score (nSPS) is 15.4. The number of carbonyl (C=O) groups is 1. The lowest BCUT2D eigenvalue weighted by Gasteiger charge is -2.19. The van der Waals surface area contributed by atoms with Crippen molar-refractivity contribution >= 4 is 50.9 Å². The Kier molecular flexibility index (Phi) is 4.65. The van der Waals surface area contributed by atoms with Gasteiger partial charge in [0.2, 0.25) is 0 Å². The van der Waals surface area contributed by atoms with E-state index in [1.807, 2.05) is 52.9 Å². The molecule has 0 fully saturated rings. The van der Waals surface area contributed by atoms with E-state index >= 15 is 0 Å². The first-order valence-corrected chi connectivity index (χ1v) is 8.81. The highest BCUT2D eigenvalue weighted by atomic mass is 127. The summed E-state index contributed by atoms with van der Waals surface area (Å²) in [6.45, 7) is 0. The summed E-state index contributed by atoms with van der Waals surface area (Å²) in [5.41, 5.74) is 0.362. The molecule has 2 nitrogen and oxygen atoms in total. The monoisotopic (exact) mass is 461 g/mol. The number of likely N-dealkylation sites (N-methyl/N-ethyl adjacent to an activating group) is 1. The quantitative estimate of drug-likeness (QED) is 0.518. The second-order valence-corrected chi connectivity index (χ2v) is 7.29. The van der Waals surface area contributed by atoms with Gasteiger partial charge in [-0.05, 0) is 46.4 Å². The van der Waals surface area contributed by atoms with Crippen molar-refractivity contribution in [3.05, 3.63) is 63.2 Å². The first-order valence-electron chi connectivity index (χ1n) is 6.91. The van der Waals surface area contributed by atoms with Crippen molar-refractivity contribution < 1.29 is 18.0 Å². The van der Waals surface area contributed by atoms with Crippen LogP contribution in [0.4, 0.5) is 18.9 Å². The molecule has 2 aromatic carbocycles. The van der Waals surface area contributed by atoms with E-state index in [0.29, 0.717) is 8.48 Å². The Morgan fingerprint density at radius 3 is 2.38 bits per heavy atom. The van der Waals surface area contributed by atoms with Crippen molar-refractivity contribution in [1.82, 2.24) is 0 Å². The zero-order chi connectivity index (χ0) is 17.5. The predicted octanol–water partition coefficient (Wildman–Crippen LogP) is 5.58. The van der Waals surface area contributed by atoms with E-state index in [1.165, 1.54) is 29.8 Å². The Hall–Kier alpha value is -1.48. The van der Waals surface area contributed by atoms with E-state index < -0.39 is 11.7 Å². The van der Waals surface area contributed by atoms with Crippen LogP contribution in [0.25, 0.3) is 4.91 Å². The van der Waals surface area contributed by atoms with Crippen LogP contribution in [0.5, 0.6) is 0 Å². The third-order valence-electron chi connectivity index (χ3n) is 3.59.